The van der Waals surface area contributed by atoms with Crippen LogP contribution in [0.2, 0.25) is 6.82 Å². The van der Waals surface area contributed by atoms with Crippen molar-refractivity contribution in [1.29, 1.82) is 0 Å². The van der Waals surface area contributed by atoms with Crippen molar-refractivity contribution in [2.24, 2.45) is 0 Å². The van der Waals surface area contributed by atoms with Gasteiger partial charge in [0.2, 0.25) is 0 Å². The third-order valence-corrected chi connectivity index (χ3v) is 3.43. The van der Waals surface area contributed by atoms with Crippen LogP contribution in [0.3, 0.4) is 0 Å². The predicted octanol–water partition coefficient (Wildman–Crippen LogP) is 4.93. The van der Waals surface area contributed by atoms with E-state index >= 15 is 0 Å². The monoisotopic (exact) mass is 352 g/mol. The molecule has 2 N–H and O–H groups in total. The summed E-state index contributed by atoms with van der Waals surface area (Å²) in [5.41, 5.74) is 0. The van der Waals surface area contributed by atoms with Crippen LogP contribution in [0, 0.1) is 6.92 Å². The van der Waals surface area contributed by atoms with Gasteiger partial charge in [-0.2, -0.15) is 0 Å². The van der Waals surface area contributed by atoms with Crippen molar-refractivity contribution in [3.8, 4) is 0 Å². The summed E-state index contributed by atoms with van der Waals surface area (Å²) < 4.78 is 1.20. The van der Waals surface area contributed by atoms with Crippen LogP contribution in [0.4, 0.5) is 0 Å². The number of halogens is 1. The third-order valence-electron chi connectivity index (χ3n) is 1.15. The highest BCUT2D eigenvalue weighted by molar-refractivity contribution is 9.11. The summed E-state index contributed by atoms with van der Waals surface area (Å²) in [7, 11) is -1.17. The van der Waals surface area contributed by atoms with Crippen molar-refractivity contribution in [2.75, 3.05) is 0 Å². The van der Waals surface area contributed by atoms with Gasteiger partial charge in [0.1, 0.15) is 0 Å². The second kappa shape index (κ2) is 14.9. The Labute approximate surface area is 128 Å². The molecule has 0 saturated heterocycles. The second-order valence-electron chi connectivity index (χ2n) is 2.77. The molecule has 0 aromatic carbocycles. The van der Waals surface area contributed by atoms with E-state index in [4.69, 9.17) is 10.0 Å². The molecule has 0 radical (unpaired) electrons. The van der Waals surface area contributed by atoms with E-state index in [9.17, 15) is 0 Å². The SMILES string of the molecule is Brc1cccs1.C.C.CB(O)O.Cc1cccs1. The molecule has 6 heteroatoms. The van der Waals surface area contributed by atoms with E-state index in [1.54, 1.807) is 22.7 Å². The van der Waals surface area contributed by atoms with E-state index in [0.717, 1.165) is 0 Å². The normalized spacial score (nSPS) is 7.39. The van der Waals surface area contributed by atoms with Crippen LogP contribution < -0.4 is 0 Å². The molecule has 0 aliphatic carbocycles. The molecule has 2 nitrogen and oxygen atoms in total. The molecule has 2 heterocycles. The van der Waals surface area contributed by atoms with Crippen molar-refractivity contribution in [3.63, 3.8) is 0 Å². The number of hydrogen-bond donors (Lipinski definition) is 2. The number of rotatable bonds is 0. The van der Waals surface area contributed by atoms with Crippen molar-refractivity contribution in [3.05, 3.63) is 43.7 Å². The lowest BCUT2D eigenvalue weighted by Crippen LogP contribution is -2.00. The minimum absolute atomic E-state index is 0. The van der Waals surface area contributed by atoms with E-state index in [1.165, 1.54) is 15.5 Å². The first kappa shape index (κ1) is 23.0. The molecule has 0 spiro atoms. The van der Waals surface area contributed by atoms with Crippen LogP contribution in [0.15, 0.2) is 38.8 Å². The third kappa shape index (κ3) is 18.2. The molecule has 0 aliphatic heterocycles. The Morgan fingerprint density at radius 1 is 1.06 bits per heavy atom. The molecular weight excluding hydrogens is 331 g/mol. The molecule has 2 aromatic rings. The summed E-state index contributed by atoms with van der Waals surface area (Å²) in [5, 5.41) is 19.3. The highest BCUT2D eigenvalue weighted by Gasteiger charge is 1.86. The molecule has 0 atom stereocenters. The van der Waals surface area contributed by atoms with Gasteiger partial charge in [-0.05, 0) is 52.6 Å². The lowest BCUT2D eigenvalue weighted by atomic mass is 9.99. The molecule has 0 bridgehead atoms. The fourth-order valence-corrected chi connectivity index (χ4v) is 2.07. The Hall–Kier alpha value is -0.135. The van der Waals surface area contributed by atoms with Crippen molar-refractivity contribution >= 4 is 45.7 Å². The molecule has 0 fully saturated rings. The predicted molar refractivity (Wildman–Crippen MR) is 90.6 cm³/mol. The maximum absolute atomic E-state index is 7.61. The van der Waals surface area contributed by atoms with E-state index < -0.39 is 7.12 Å². The van der Waals surface area contributed by atoms with Crippen LogP contribution >= 0.6 is 38.6 Å². The zero-order valence-corrected chi connectivity index (χ0v) is 12.3. The number of hydrogen-bond acceptors (Lipinski definition) is 4. The van der Waals surface area contributed by atoms with E-state index in [-0.39, 0.29) is 14.9 Å². The first-order chi connectivity index (χ1) is 7.52. The van der Waals surface area contributed by atoms with Gasteiger partial charge in [0.25, 0.3) is 0 Å². The number of thiophene rings is 2. The molecule has 0 aliphatic rings. The summed E-state index contributed by atoms with van der Waals surface area (Å²) >= 11 is 6.77. The van der Waals surface area contributed by atoms with E-state index in [1.807, 2.05) is 17.5 Å². The molecule has 18 heavy (non-hydrogen) atoms. The lowest BCUT2D eigenvalue weighted by Gasteiger charge is -1.71. The highest BCUT2D eigenvalue weighted by atomic mass is 79.9. The van der Waals surface area contributed by atoms with Gasteiger partial charge in [-0.1, -0.05) is 27.0 Å². The van der Waals surface area contributed by atoms with Crippen LogP contribution in [-0.4, -0.2) is 17.2 Å². The molecule has 2 rings (SSSR count). The first-order valence-corrected chi connectivity index (χ1v) is 7.13. The summed E-state index contributed by atoms with van der Waals surface area (Å²) in [6.45, 7) is 3.38. The van der Waals surface area contributed by atoms with Crippen molar-refractivity contribution < 1.29 is 10.0 Å². The van der Waals surface area contributed by atoms with Gasteiger partial charge >= 0.3 is 7.12 Å². The van der Waals surface area contributed by atoms with Gasteiger partial charge in [-0.25, -0.2) is 0 Å². The average Bonchev–Trinajstić information content (AvgIpc) is 2.78. The average molecular weight is 353 g/mol. The molecule has 0 amide bonds. The fraction of sp³-hybridized carbons (Fsp3) is 0.333. The maximum Gasteiger partial charge on any atom is 0.448 e. The fourth-order valence-electron chi connectivity index (χ4n) is 0.619. The van der Waals surface area contributed by atoms with Crippen molar-refractivity contribution in [1.82, 2.24) is 0 Å². The largest absolute Gasteiger partial charge is 0.448 e. The first-order valence-electron chi connectivity index (χ1n) is 4.57. The summed E-state index contributed by atoms with van der Waals surface area (Å²) in [6.07, 6.45) is 0. The lowest BCUT2D eigenvalue weighted by molar-refractivity contribution is 0.417. The molecule has 0 unspecified atom stereocenters. The van der Waals surface area contributed by atoms with Gasteiger partial charge in [0.05, 0.1) is 3.79 Å². The standard InChI is InChI=1S/C5H6S.C4H3BrS.CH5BO2.2CH4/c1-5-3-2-4-6-5;5-4-2-1-3-6-4;1-2(3)4;;/h2-4H,1H3;1-3H;3-4H,1H3;2*1H4. The second-order valence-corrected chi connectivity index (χ2v) is 6.25. The van der Waals surface area contributed by atoms with Crippen LogP contribution in [0.25, 0.3) is 0 Å². The van der Waals surface area contributed by atoms with Gasteiger partial charge in [-0.3, -0.25) is 0 Å². The minimum Gasteiger partial charge on any atom is -0.427 e. The van der Waals surface area contributed by atoms with Crippen molar-refractivity contribution in [2.45, 2.75) is 28.6 Å². The Balaban J connectivity index is -0.000000182. The summed E-state index contributed by atoms with van der Waals surface area (Å²) in [4.78, 5) is 1.38. The molecule has 0 saturated carbocycles. The minimum atomic E-state index is -1.17. The Kier molecular flexibility index (Phi) is 19.1. The summed E-state index contributed by atoms with van der Waals surface area (Å²) in [5.74, 6) is 0. The maximum atomic E-state index is 7.61. The van der Waals surface area contributed by atoms with Gasteiger partial charge < -0.3 is 10.0 Å². The smallest absolute Gasteiger partial charge is 0.427 e. The Bertz CT molecular complexity index is 302. The molecular formula is C12H22BBrO2S2. The van der Waals surface area contributed by atoms with Crippen LogP contribution in [-0.2, 0) is 0 Å². The van der Waals surface area contributed by atoms with E-state index in [0.29, 0.717) is 0 Å². The van der Waals surface area contributed by atoms with Crippen LogP contribution in [0.5, 0.6) is 0 Å². The molecule has 2 aromatic heterocycles. The topological polar surface area (TPSA) is 40.5 Å². The van der Waals surface area contributed by atoms with E-state index in [2.05, 4.69) is 40.4 Å². The Morgan fingerprint density at radius 2 is 1.50 bits per heavy atom. The summed E-state index contributed by atoms with van der Waals surface area (Å²) in [6, 6.07) is 8.18. The van der Waals surface area contributed by atoms with Gasteiger partial charge in [0.15, 0.2) is 0 Å². The Morgan fingerprint density at radius 3 is 1.61 bits per heavy atom. The zero-order valence-electron chi connectivity index (χ0n) is 9.13. The van der Waals surface area contributed by atoms with Gasteiger partial charge in [0, 0.05) is 4.88 Å². The number of aryl methyl sites for hydroxylation is 1. The molecule has 104 valence electrons. The quantitative estimate of drug-likeness (QED) is 0.660. The van der Waals surface area contributed by atoms with Gasteiger partial charge in [-0.15, -0.1) is 22.7 Å². The zero-order chi connectivity index (χ0) is 12.4. The van der Waals surface area contributed by atoms with Crippen LogP contribution in [0.1, 0.15) is 19.7 Å². The highest BCUT2D eigenvalue weighted by Crippen LogP contribution is 2.14.